The molecule has 8 nitrogen and oxygen atoms in total. The normalized spacial score (nSPS) is 11.3. The molecule has 0 saturated heterocycles. The number of methoxy groups -OCH3 is 1. The van der Waals surface area contributed by atoms with Crippen LogP contribution in [0.25, 0.3) is 0 Å². The van der Waals surface area contributed by atoms with E-state index in [4.69, 9.17) is 4.74 Å². The van der Waals surface area contributed by atoms with Gasteiger partial charge in [0.1, 0.15) is 5.75 Å². The second-order valence-electron chi connectivity index (χ2n) is 5.00. The number of imide groups is 1. The maximum absolute atomic E-state index is 12.1. The number of carbonyl (C=O) groups excluding carboxylic acids is 3. The van der Waals surface area contributed by atoms with Crippen molar-refractivity contribution in [2.24, 2.45) is 0 Å². The predicted molar refractivity (Wildman–Crippen MR) is 88.0 cm³/mol. The van der Waals surface area contributed by atoms with Gasteiger partial charge in [0.2, 0.25) is 0 Å². The van der Waals surface area contributed by atoms with Gasteiger partial charge in [0, 0.05) is 5.69 Å². The van der Waals surface area contributed by atoms with Crippen molar-refractivity contribution >= 4 is 23.6 Å². The number of benzene rings is 1. The number of likely N-dealkylation sites (N-methyl/N-ethyl adjacent to an activating group) is 1. The molecule has 0 spiro atoms. The zero-order valence-electron chi connectivity index (χ0n) is 14.2. The number of carbonyl (C=O) groups is 3. The van der Waals surface area contributed by atoms with Crippen LogP contribution in [0.4, 0.5) is 10.5 Å². The minimum atomic E-state index is -0.777. The van der Waals surface area contributed by atoms with E-state index in [2.05, 4.69) is 15.4 Å². The van der Waals surface area contributed by atoms with Crippen LogP contribution in [0.15, 0.2) is 24.3 Å². The van der Waals surface area contributed by atoms with Gasteiger partial charge in [0.25, 0.3) is 11.8 Å². The van der Waals surface area contributed by atoms with Crippen LogP contribution in [0.2, 0.25) is 0 Å². The molecule has 1 aromatic carbocycles. The maximum Gasteiger partial charge on any atom is 0.414 e. The van der Waals surface area contributed by atoms with E-state index in [-0.39, 0.29) is 25.6 Å². The summed E-state index contributed by atoms with van der Waals surface area (Å²) in [4.78, 5) is 35.7. The molecule has 8 heteroatoms. The molecule has 0 saturated carbocycles. The van der Waals surface area contributed by atoms with Crippen LogP contribution >= 0.6 is 0 Å². The Kier molecular flexibility index (Phi) is 8.28. The minimum Gasteiger partial charge on any atom is -0.497 e. The Labute approximate surface area is 141 Å². The highest BCUT2D eigenvalue weighted by atomic mass is 16.5. The molecule has 0 heterocycles. The van der Waals surface area contributed by atoms with Crippen molar-refractivity contribution in [3.8, 4) is 5.75 Å². The fourth-order valence-electron chi connectivity index (χ4n) is 1.97. The molecule has 0 aliphatic rings. The van der Waals surface area contributed by atoms with Gasteiger partial charge >= 0.3 is 6.09 Å². The van der Waals surface area contributed by atoms with Gasteiger partial charge in [-0.2, -0.15) is 0 Å². The molecule has 0 bridgehead atoms. The van der Waals surface area contributed by atoms with Crippen molar-refractivity contribution in [1.29, 1.82) is 0 Å². The van der Waals surface area contributed by atoms with Crippen LogP contribution in [-0.4, -0.2) is 51.3 Å². The van der Waals surface area contributed by atoms with E-state index in [9.17, 15) is 14.4 Å². The zero-order chi connectivity index (χ0) is 17.9. The van der Waals surface area contributed by atoms with E-state index >= 15 is 0 Å². The van der Waals surface area contributed by atoms with Crippen LogP contribution in [0.1, 0.15) is 13.8 Å². The fourth-order valence-corrected chi connectivity index (χ4v) is 1.97. The number of hydrogen-bond acceptors (Lipinski definition) is 5. The summed E-state index contributed by atoms with van der Waals surface area (Å²) in [5.41, 5.74) is 0.646. The maximum atomic E-state index is 12.1. The van der Waals surface area contributed by atoms with Crippen molar-refractivity contribution in [3.63, 3.8) is 0 Å². The average Bonchev–Trinajstić information content (AvgIpc) is 2.54. The molecule has 24 heavy (non-hydrogen) atoms. The Morgan fingerprint density at radius 1 is 1.04 bits per heavy atom. The number of amides is 3. The highest BCUT2D eigenvalue weighted by Crippen LogP contribution is 2.14. The molecular weight excluding hydrogens is 314 g/mol. The Hall–Kier alpha value is -2.61. The molecule has 1 atom stereocenters. The first-order valence-corrected chi connectivity index (χ1v) is 7.72. The van der Waals surface area contributed by atoms with Crippen LogP contribution in [-0.2, 0) is 14.3 Å². The first-order chi connectivity index (χ1) is 11.5. The summed E-state index contributed by atoms with van der Waals surface area (Å²) in [6.07, 6.45) is -0.777. The van der Waals surface area contributed by atoms with Gasteiger partial charge in [-0.1, -0.05) is 0 Å². The summed E-state index contributed by atoms with van der Waals surface area (Å²) in [6, 6.07) is 6.95. The molecule has 1 aromatic rings. The molecule has 0 radical (unpaired) electrons. The second kappa shape index (κ2) is 10.2. The third kappa shape index (κ3) is 7.10. The Morgan fingerprint density at radius 3 is 2.21 bits per heavy atom. The van der Waals surface area contributed by atoms with Gasteiger partial charge in [-0.05, 0) is 38.1 Å². The molecule has 0 aliphatic carbocycles. The predicted octanol–water partition coefficient (Wildman–Crippen LogP) is -0.189. The smallest absolute Gasteiger partial charge is 0.414 e. The number of alkyl carbamates (subject to hydrolysis) is 1. The molecular formula is C16H24N3O5+. The number of nitrogens with one attached hydrogen (secondary N) is 3. The Balaban J connectivity index is 2.46. The second-order valence-corrected chi connectivity index (χ2v) is 5.00. The number of hydrogen-bond donors (Lipinski definition) is 3. The Morgan fingerprint density at radius 2 is 1.67 bits per heavy atom. The van der Waals surface area contributed by atoms with Crippen LogP contribution in [0, 0.1) is 0 Å². The molecule has 3 N–H and O–H groups in total. The average molecular weight is 338 g/mol. The number of rotatable bonds is 8. The lowest BCUT2D eigenvalue weighted by atomic mass is 10.3. The van der Waals surface area contributed by atoms with Gasteiger partial charge in [-0.25, -0.2) is 4.79 Å². The monoisotopic (exact) mass is 338 g/mol. The third-order valence-corrected chi connectivity index (χ3v) is 3.21. The molecule has 3 amide bonds. The minimum absolute atomic E-state index is 0.00530. The van der Waals surface area contributed by atoms with Gasteiger partial charge in [0.15, 0.2) is 13.1 Å². The summed E-state index contributed by atoms with van der Waals surface area (Å²) in [7, 11) is 1.57. The molecule has 0 aliphatic heterocycles. The standard InChI is InChI=1S/C16H23N3O5/c1-4-19(11-15(21)18-16(22)24-5-2)10-14(20)17-12-6-8-13(23-3)9-7-12/h6-9H,4-5,10-11H2,1-3H3,(H,17,20)(H,18,21,22)/p+1. The summed E-state index contributed by atoms with van der Waals surface area (Å²) >= 11 is 0. The van der Waals surface area contributed by atoms with Crippen molar-refractivity contribution < 1.29 is 28.8 Å². The first-order valence-electron chi connectivity index (χ1n) is 7.72. The highest BCUT2D eigenvalue weighted by molar-refractivity contribution is 5.93. The van der Waals surface area contributed by atoms with E-state index < -0.39 is 12.0 Å². The van der Waals surface area contributed by atoms with Gasteiger partial charge in [-0.3, -0.25) is 14.9 Å². The van der Waals surface area contributed by atoms with Crippen LogP contribution < -0.4 is 20.3 Å². The fraction of sp³-hybridized carbons (Fsp3) is 0.438. The SMILES string of the molecule is CCOC(=O)NC(=O)C[NH+](CC)CC(=O)Nc1ccc(OC)cc1. The molecule has 1 unspecified atom stereocenters. The molecule has 0 fully saturated rings. The lowest BCUT2D eigenvalue weighted by molar-refractivity contribution is -0.881. The Bertz CT molecular complexity index is 559. The van der Waals surface area contributed by atoms with Crippen LogP contribution in [0.3, 0.4) is 0 Å². The summed E-state index contributed by atoms with van der Waals surface area (Å²) in [5.74, 6) is -0.00653. The molecule has 0 aromatic heterocycles. The largest absolute Gasteiger partial charge is 0.497 e. The number of ether oxygens (including phenoxy) is 2. The summed E-state index contributed by atoms with van der Waals surface area (Å²) in [6.45, 7) is 4.37. The highest BCUT2D eigenvalue weighted by Gasteiger charge is 2.18. The van der Waals surface area contributed by atoms with E-state index in [0.717, 1.165) is 4.90 Å². The topological polar surface area (TPSA) is 98.2 Å². The number of anilines is 1. The van der Waals surface area contributed by atoms with E-state index in [1.54, 1.807) is 38.3 Å². The summed E-state index contributed by atoms with van der Waals surface area (Å²) < 4.78 is 9.69. The van der Waals surface area contributed by atoms with Gasteiger partial charge in [0.05, 0.1) is 20.3 Å². The first kappa shape index (κ1) is 19.4. The van der Waals surface area contributed by atoms with E-state index in [0.29, 0.717) is 18.0 Å². The van der Waals surface area contributed by atoms with Crippen LogP contribution in [0.5, 0.6) is 5.75 Å². The van der Waals surface area contributed by atoms with E-state index in [1.165, 1.54) is 0 Å². The van der Waals surface area contributed by atoms with Gasteiger partial charge in [-0.15, -0.1) is 0 Å². The van der Waals surface area contributed by atoms with Crippen molar-refractivity contribution in [2.45, 2.75) is 13.8 Å². The van der Waals surface area contributed by atoms with E-state index in [1.807, 2.05) is 6.92 Å². The van der Waals surface area contributed by atoms with Crippen molar-refractivity contribution in [1.82, 2.24) is 5.32 Å². The number of quaternary nitrogens is 1. The quantitative estimate of drug-likeness (QED) is 0.610. The van der Waals surface area contributed by atoms with Gasteiger partial charge < -0.3 is 19.7 Å². The summed E-state index contributed by atoms with van der Waals surface area (Å²) in [5, 5.41) is 4.87. The van der Waals surface area contributed by atoms with Crippen molar-refractivity contribution in [3.05, 3.63) is 24.3 Å². The molecule has 132 valence electrons. The van der Waals surface area contributed by atoms with Crippen molar-refractivity contribution in [2.75, 3.05) is 38.7 Å². The zero-order valence-corrected chi connectivity index (χ0v) is 14.2. The lowest BCUT2D eigenvalue weighted by Crippen LogP contribution is -3.14. The third-order valence-electron chi connectivity index (χ3n) is 3.21. The lowest BCUT2D eigenvalue weighted by Gasteiger charge is -2.16. The molecule has 1 rings (SSSR count).